The van der Waals surface area contributed by atoms with Crippen LogP contribution >= 0.6 is 0 Å². The quantitative estimate of drug-likeness (QED) is 0.634. The molecule has 0 bridgehead atoms. The summed E-state index contributed by atoms with van der Waals surface area (Å²) >= 11 is 0. The highest BCUT2D eigenvalue weighted by Gasteiger charge is 2.53. The molecule has 170 valence electrons. The maximum atomic E-state index is 12.6. The number of likely N-dealkylation sites (tertiary alicyclic amines) is 1. The number of benzene rings is 1. The SMILES string of the molecule is CC(CN1C[C@@H]2C(N)[C@@H]2C1)c1ccc(-n2ccc(NC(=O)N3CCNCC3)nc2=O)cc1. The number of piperazine rings is 1. The minimum atomic E-state index is -0.420. The van der Waals surface area contributed by atoms with Gasteiger partial charge in [0.25, 0.3) is 0 Å². The Morgan fingerprint density at radius 1 is 1.19 bits per heavy atom. The Morgan fingerprint density at radius 2 is 1.88 bits per heavy atom. The molecule has 2 aromatic rings. The summed E-state index contributed by atoms with van der Waals surface area (Å²) in [5.41, 5.74) is 7.63. The standard InChI is InChI=1S/C23H31N7O2/c1-15(12-28-13-18-19(14-28)21(18)24)16-2-4-17(5-3-16)30-9-6-20(27-23(30)32)26-22(31)29-10-7-25-8-11-29/h2-6,9,15,18-19,21,25H,7-8,10-14,24H2,1H3,(H,26,27,31,32)/t15?,18-,19+,21?. The Hall–Kier alpha value is -2.75. The number of nitrogens with one attached hydrogen (secondary N) is 2. The minimum absolute atomic E-state index is 0.230. The number of hydrogen-bond acceptors (Lipinski definition) is 6. The van der Waals surface area contributed by atoms with Crippen LogP contribution in [0.4, 0.5) is 10.6 Å². The zero-order chi connectivity index (χ0) is 22.2. The van der Waals surface area contributed by atoms with Crippen LogP contribution in [0.25, 0.3) is 5.69 Å². The van der Waals surface area contributed by atoms with E-state index in [1.807, 2.05) is 12.1 Å². The Bertz CT molecular complexity index is 1020. The van der Waals surface area contributed by atoms with E-state index < -0.39 is 5.69 Å². The normalized spacial score (nSPS) is 25.9. The highest BCUT2D eigenvalue weighted by molar-refractivity contribution is 5.88. The summed E-state index contributed by atoms with van der Waals surface area (Å²) in [6, 6.07) is 9.91. The molecule has 4 N–H and O–H groups in total. The number of piperidine rings is 1. The molecule has 1 saturated carbocycles. The molecule has 4 atom stereocenters. The van der Waals surface area contributed by atoms with E-state index >= 15 is 0 Å². The summed E-state index contributed by atoms with van der Waals surface area (Å²) in [6.07, 6.45) is 1.65. The molecule has 0 radical (unpaired) electrons. The number of aromatic nitrogens is 2. The second-order valence-corrected chi connectivity index (χ2v) is 9.25. The van der Waals surface area contributed by atoms with Gasteiger partial charge in [0.15, 0.2) is 0 Å². The number of anilines is 1. The van der Waals surface area contributed by atoms with Gasteiger partial charge in [0.1, 0.15) is 5.82 Å². The van der Waals surface area contributed by atoms with E-state index in [0.717, 1.165) is 38.4 Å². The van der Waals surface area contributed by atoms with Crippen molar-refractivity contribution < 1.29 is 4.79 Å². The molecule has 3 aliphatic rings. The Labute approximate surface area is 187 Å². The molecule has 2 unspecified atom stereocenters. The van der Waals surface area contributed by atoms with Gasteiger partial charge < -0.3 is 20.9 Å². The van der Waals surface area contributed by atoms with Crippen LogP contribution in [0.3, 0.4) is 0 Å². The molecule has 32 heavy (non-hydrogen) atoms. The van der Waals surface area contributed by atoms with Crippen molar-refractivity contribution in [1.29, 1.82) is 0 Å². The second kappa shape index (κ2) is 8.65. The average molecular weight is 438 g/mol. The number of nitrogens with zero attached hydrogens (tertiary/aromatic N) is 4. The number of fused-ring (bicyclic) bond motifs is 1. The first kappa shape index (κ1) is 21.1. The van der Waals surface area contributed by atoms with Gasteiger partial charge in [-0.05, 0) is 41.5 Å². The van der Waals surface area contributed by atoms with Gasteiger partial charge in [-0.25, -0.2) is 9.59 Å². The molecule has 9 heteroatoms. The van der Waals surface area contributed by atoms with E-state index in [1.165, 1.54) is 10.1 Å². The summed E-state index contributed by atoms with van der Waals surface area (Å²) in [6.45, 7) is 8.32. The van der Waals surface area contributed by atoms with Gasteiger partial charge in [-0.1, -0.05) is 19.1 Å². The maximum absolute atomic E-state index is 12.6. The Balaban J connectivity index is 1.21. The molecule has 9 nitrogen and oxygen atoms in total. The van der Waals surface area contributed by atoms with E-state index in [1.54, 1.807) is 17.2 Å². The van der Waals surface area contributed by atoms with E-state index in [9.17, 15) is 9.59 Å². The molecule has 3 fully saturated rings. The predicted molar refractivity (Wildman–Crippen MR) is 123 cm³/mol. The van der Waals surface area contributed by atoms with Crippen molar-refractivity contribution in [3.05, 3.63) is 52.6 Å². The predicted octanol–water partition coefficient (Wildman–Crippen LogP) is 0.662. The van der Waals surface area contributed by atoms with Gasteiger partial charge in [-0.2, -0.15) is 4.98 Å². The maximum Gasteiger partial charge on any atom is 0.354 e. The van der Waals surface area contributed by atoms with Gasteiger partial charge in [0.05, 0.1) is 5.69 Å². The summed E-state index contributed by atoms with van der Waals surface area (Å²) in [5, 5.41) is 5.92. The molecular weight excluding hydrogens is 406 g/mol. The lowest BCUT2D eigenvalue weighted by molar-refractivity contribution is 0.204. The first-order chi connectivity index (χ1) is 15.5. The third-order valence-electron chi connectivity index (χ3n) is 7.05. The smallest absolute Gasteiger partial charge is 0.327 e. The summed E-state index contributed by atoms with van der Waals surface area (Å²) in [7, 11) is 0. The first-order valence-electron chi connectivity index (χ1n) is 11.4. The number of carbonyl (C=O) groups excluding carboxylic acids is 1. The van der Waals surface area contributed by atoms with Crippen molar-refractivity contribution in [3.63, 3.8) is 0 Å². The highest BCUT2D eigenvalue weighted by Crippen LogP contribution is 2.44. The molecule has 3 heterocycles. The largest absolute Gasteiger partial charge is 0.354 e. The van der Waals surface area contributed by atoms with Crippen LogP contribution in [0.1, 0.15) is 18.4 Å². The first-order valence-corrected chi connectivity index (χ1v) is 11.4. The fraction of sp³-hybridized carbons (Fsp3) is 0.522. The third kappa shape index (κ3) is 4.28. The molecule has 0 spiro atoms. The fourth-order valence-electron chi connectivity index (χ4n) is 4.99. The van der Waals surface area contributed by atoms with Gasteiger partial charge in [0.2, 0.25) is 0 Å². The van der Waals surface area contributed by atoms with Crippen molar-refractivity contribution in [1.82, 2.24) is 24.7 Å². The van der Waals surface area contributed by atoms with E-state index in [0.29, 0.717) is 36.9 Å². The second-order valence-electron chi connectivity index (χ2n) is 9.25. The van der Waals surface area contributed by atoms with Crippen molar-refractivity contribution in [2.75, 3.05) is 51.1 Å². The third-order valence-corrected chi connectivity index (χ3v) is 7.05. The van der Waals surface area contributed by atoms with Gasteiger partial charge in [0, 0.05) is 58.1 Å². The van der Waals surface area contributed by atoms with Crippen LogP contribution in [0.5, 0.6) is 0 Å². The fourth-order valence-corrected chi connectivity index (χ4v) is 4.99. The van der Waals surface area contributed by atoms with Crippen LogP contribution in [-0.2, 0) is 0 Å². The molecule has 1 aromatic heterocycles. The monoisotopic (exact) mass is 437 g/mol. The minimum Gasteiger partial charge on any atom is -0.327 e. The summed E-state index contributed by atoms with van der Waals surface area (Å²) < 4.78 is 1.49. The van der Waals surface area contributed by atoms with Crippen molar-refractivity contribution in [3.8, 4) is 5.69 Å². The van der Waals surface area contributed by atoms with Crippen molar-refractivity contribution >= 4 is 11.8 Å². The van der Waals surface area contributed by atoms with Crippen LogP contribution < -0.4 is 22.1 Å². The number of rotatable bonds is 5. The molecule has 5 rings (SSSR count). The van der Waals surface area contributed by atoms with E-state index in [4.69, 9.17) is 5.73 Å². The Morgan fingerprint density at radius 3 is 2.53 bits per heavy atom. The molecule has 1 aromatic carbocycles. The molecule has 2 aliphatic heterocycles. The van der Waals surface area contributed by atoms with Crippen LogP contribution in [0.15, 0.2) is 41.3 Å². The van der Waals surface area contributed by atoms with Crippen LogP contribution in [-0.4, -0.2) is 77.2 Å². The Kier molecular flexibility index (Phi) is 5.71. The van der Waals surface area contributed by atoms with Gasteiger partial charge in [-0.15, -0.1) is 0 Å². The van der Waals surface area contributed by atoms with Gasteiger partial charge >= 0.3 is 11.7 Å². The topological polar surface area (TPSA) is 109 Å². The molecule has 2 amide bonds. The van der Waals surface area contributed by atoms with Gasteiger partial charge in [-0.3, -0.25) is 9.88 Å². The number of urea groups is 1. The number of amides is 2. The van der Waals surface area contributed by atoms with E-state index in [2.05, 4.69) is 39.6 Å². The molecule has 2 saturated heterocycles. The lowest BCUT2D eigenvalue weighted by atomic mass is 10.00. The van der Waals surface area contributed by atoms with Crippen molar-refractivity contribution in [2.24, 2.45) is 17.6 Å². The zero-order valence-corrected chi connectivity index (χ0v) is 18.4. The zero-order valence-electron chi connectivity index (χ0n) is 18.4. The lowest BCUT2D eigenvalue weighted by Gasteiger charge is -2.27. The summed E-state index contributed by atoms with van der Waals surface area (Å²) in [5.74, 6) is 2.08. The number of carbonyl (C=O) groups is 1. The molecular formula is C23H31N7O2. The highest BCUT2D eigenvalue weighted by atomic mass is 16.2. The molecule has 1 aliphatic carbocycles. The summed E-state index contributed by atoms with van der Waals surface area (Å²) in [4.78, 5) is 33.2. The van der Waals surface area contributed by atoms with Crippen LogP contribution in [0, 0.1) is 11.8 Å². The van der Waals surface area contributed by atoms with Crippen LogP contribution in [0.2, 0.25) is 0 Å². The number of nitrogens with two attached hydrogens (primary N) is 1. The lowest BCUT2D eigenvalue weighted by Crippen LogP contribution is -2.48. The van der Waals surface area contributed by atoms with E-state index in [-0.39, 0.29) is 11.8 Å². The average Bonchev–Trinajstić information content (AvgIpc) is 3.19. The van der Waals surface area contributed by atoms with Crippen molar-refractivity contribution in [2.45, 2.75) is 18.9 Å². The number of hydrogen-bond donors (Lipinski definition) is 3.